The van der Waals surface area contributed by atoms with E-state index in [1.807, 2.05) is 4.90 Å². The summed E-state index contributed by atoms with van der Waals surface area (Å²) < 4.78 is 0. The first-order valence-electron chi connectivity index (χ1n) is 7.63. The summed E-state index contributed by atoms with van der Waals surface area (Å²) in [6.45, 7) is 1.90. The van der Waals surface area contributed by atoms with Gasteiger partial charge in [-0.2, -0.15) is 0 Å². The molecule has 4 heteroatoms. The lowest BCUT2D eigenvalue weighted by molar-refractivity contribution is 0.189. The number of urea groups is 1. The van der Waals surface area contributed by atoms with E-state index in [1.165, 1.54) is 38.5 Å². The first kappa shape index (κ1) is 12.3. The van der Waals surface area contributed by atoms with Gasteiger partial charge in [0.1, 0.15) is 0 Å². The Hall–Kier alpha value is -0.770. The Bertz CT molecular complexity index is 287. The number of nitrogens with zero attached hydrogens (tertiary/aromatic N) is 1. The monoisotopic (exact) mass is 251 g/mol. The maximum atomic E-state index is 12.2. The zero-order valence-corrected chi connectivity index (χ0v) is 11.2. The maximum absolute atomic E-state index is 12.2. The molecule has 3 heterocycles. The van der Waals surface area contributed by atoms with Gasteiger partial charge in [-0.3, -0.25) is 0 Å². The quantitative estimate of drug-likeness (QED) is 0.747. The lowest BCUT2D eigenvalue weighted by Crippen LogP contribution is -2.51. The fourth-order valence-electron chi connectivity index (χ4n) is 3.71. The number of fused-ring (bicyclic) bond motifs is 2. The first-order chi connectivity index (χ1) is 8.81. The highest BCUT2D eigenvalue weighted by molar-refractivity contribution is 5.74. The van der Waals surface area contributed by atoms with Crippen LogP contribution in [-0.4, -0.2) is 42.1 Å². The van der Waals surface area contributed by atoms with E-state index in [4.69, 9.17) is 0 Å². The number of likely N-dealkylation sites (tertiary alicyclic amines) is 1. The Labute approximate surface area is 109 Å². The van der Waals surface area contributed by atoms with Crippen molar-refractivity contribution in [2.45, 2.75) is 69.5 Å². The lowest BCUT2D eigenvalue weighted by Gasteiger charge is -2.31. The Morgan fingerprint density at radius 1 is 1.00 bits per heavy atom. The minimum absolute atomic E-state index is 0.184. The number of hydrogen-bond acceptors (Lipinski definition) is 2. The average Bonchev–Trinajstić information content (AvgIpc) is 2.59. The third-order valence-electron chi connectivity index (χ3n) is 4.69. The van der Waals surface area contributed by atoms with Crippen molar-refractivity contribution in [1.29, 1.82) is 0 Å². The molecule has 0 aliphatic carbocycles. The summed E-state index contributed by atoms with van der Waals surface area (Å²) in [5, 5.41) is 6.88. The van der Waals surface area contributed by atoms with Crippen molar-refractivity contribution in [3.63, 3.8) is 0 Å². The van der Waals surface area contributed by atoms with Crippen LogP contribution in [0.3, 0.4) is 0 Å². The largest absolute Gasteiger partial charge is 0.335 e. The van der Waals surface area contributed by atoms with E-state index < -0.39 is 0 Å². The van der Waals surface area contributed by atoms with Crippen LogP contribution in [0.5, 0.6) is 0 Å². The smallest absolute Gasteiger partial charge is 0.317 e. The van der Waals surface area contributed by atoms with Crippen molar-refractivity contribution in [3.05, 3.63) is 0 Å². The van der Waals surface area contributed by atoms with E-state index in [2.05, 4.69) is 10.6 Å². The topological polar surface area (TPSA) is 44.4 Å². The zero-order valence-electron chi connectivity index (χ0n) is 11.2. The van der Waals surface area contributed by atoms with Gasteiger partial charge in [0.15, 0.2) is 0 Å². The normalized spacial score (nSPS) is 36.2. The van der Waals surface area contributed by atoms with Crippen molar-refractivity contribution in [2.24, 2.45) is 0 Å². The molecule has 0 aromatic carbocycles. The van der Waals surface area contributed by atoms with Crippen molar-refractivity contribution in [3.8, 4) is 0 Å². The zero-order chi connectivity index (χ0) is 12.4. The predicted octanol–water partition coefficient (Wildman–Crippen LogP) is 1.85. The molecule has 0 aromatic rings. The molecule has 3 aliphatic heterocycles. The summed E-state index contributed by atoms with van der Waals surface area (Å²) in [5.74, 6) is 0. The third-order valence-corrected chi connectivity index (χ3v) is 4.69. The van der Waals surface area contributed by atoms with Gasteiger partial charge in [0, 0.05) is 31.2 Å². The molecule has 2 bridgehead atoms. The molecule has 2 amide bonds. The van der Waals surface area contributed by atoms with Crippen LogP contribution in [0.25, 0.3) is 0 Å². The summed E-state index contributed by atoms with van der Waals surface area (Å²) in [5.41, 5.74) is 0. The fraction of sp³-hybridized carbons (Fsp3) is 0.929. The second-order valence-corrected chi connectivity index (χ2v) is 6.16. The summed E-state index contributed by atoms with van der Waals surface area (Å²) in [6, 6.07) is 1.89. The highest BCUT2D eigenvalue weighted by Gasteiger charge is 2.34. The lowest BCUT2D eigenvalue weighted by atomic mass is 10.00. The van der Waals surface area contributed by atoms with Crippen molar-refractivity contribution in [2.75, 3.05) is 13.1 Å². The molecule has 102 valence electrons. The van der Waals surface area contributed by atoms with Crippen LogP contribution in [0.4, 0.5) is 4.79 Å². The molecule has 2 N–H and O–H groups in total. The molecule has 2 unspecified atom stereocenters. The summed E-state index contributed by atoms with van der Waals surface area (Å²) >= 11 is 0. The first-order valence-corrected chi connectivity index (χ1v) is 7.63. The van der Waals surface area contributed by atoms with E-state index in [-0.39, 0.29) is 6.03 Å². The number of rotatable bonds is 1. The van der Waals surface area contributed by atoms with Gasteiger partial charge in [-0.15, -0.1) is 0 Å². The van der Waals surface area contributed by atoms with Crippen LogP contribution < -0.4 is 10.6 Å². The Kier molecular flexibility index (Phi) is 3.73. The standard InChI is InChI=1S/C14H25N3O/c18-14(17-7-3-1-2-4-8-17)16-13-9-11-5-6-12(10-13)15-11/h11-13,15H,1-10H2,(H,16,18). The molecular weight excluding hydrogens is 226 g/mol. The fourth-order valence-corrected chi connectivity index (χ4v) is 3.71. The minimum Gasteiger partial charge on any atom is -0.335 e. The van der Waals surface area contributed by atoms with Gasteiger partial charge in [0.2, 0.25) is 0 Å². The third kappa shape index (κ3) is 2.79. The molecule has 0 aromatic heterocycles. The molecule has 0 saturated carbocycles. The van der Waals surface area contributed by atoms with Gasteiger partial charge in [0.05, 0.1) is 0 Å². The van der Waals surface area contributed by atoms with Crippen LogP contribution in [0, 0.1) is 0 Å². The van der Waals surface area contributed by atoms with Gasteiger partial charge in [-0.25, -0.2) is 4.79 Å². The molecule has 3 rings (SSSR count). The summed E-state index contributed by atoms with van der Waals surface area (Å²) in [6.07, 6.45) is 9.73. The molecule has 2 atom stereocenters. The minimum atomic E-state index is 0.184. The second kappa shape index (κ2) is 5.47. The molecule has 3 fully saturated rings. The van der Waals surface area contributed by atoms with Gasteiger partial charge in [0.25, 0.3) is 0 Å². The van der Waals surface area contributed by atoms with Gasteiger partial charge in [-0.1, -0.05) is 12.8 Å². The number of carbonyl (C=O) groups excluding carboxylic acids is 1. The SMILES string of the molecule is O=C(NC1CC2CCC(C1)N2)N1CCCCCC1. The van der Waals surface area contributed by atoms with Gasteiger partial charge in [-0.05, 0) is 38.5 Å². The van der Waals surface area contributed by atoms with E-state index in [9.17, 15) is 4.79 Å². The van der Waals surface area contributed by atoms with Gasteiger partial charge >= 0.3 is 6.03 Å². The van der Waals surface area contributed by atoms with Crippen molar-refractivity contribution < 1.29 is 4.79 Å². The number of piperidine rings is 1. The predicted molar refractivity (Wildman–Crippen MR) is 71.5 cm³/mol. The Morgan fingerprint density at radius 2 is 1.61 bits per heavy atom. The molecular formula is C14H25N3O. The number of amides is 2. The van der Waals surface area contributed by atoms with E-state index in [0.29, 0.717) is 18.1 Å². The molecule has 18 heavy (non-hydrogen) atoms. The molecule has 4 nitrogen and oxygen atoms in total. The number of hydrogen-bond donors (Lipinski definition) is 2. The van der Waals surface area contributed by atoms with Crippen LogP contribution in [0.15, 0.2) is 0 Å². The Balaban J connectivity index is 1.50. The van der Waals surface area contributed by atoms with Crippen LogP contribution >= 0.6 is 0 Å². The second-order valence-electron chi connectivity index (χ2n) is 6.16. The number of carbonyl (C=O) groups is 1. The maximum Gasteiger partial charge on any atom is 0.317 e. The molecule has 3 saturated heterocycles. The van der Waals surface area contributed by atoms with E-state index in [0.717, 1.165) is 25.9 Å². The highest BCUT2D eigenvalue weighted by Crippen LogP contribution is 2.26. The van der Waals surface area contributed by atoms with Crippen molar-refractivity contribution >= 4 is 6.03 Å². The molecule has 0 radical (unpaired) electrons. The summed E-state index contributed by atoms with van der Waals surface area (Å²) in [4.78, 5) is 14.3. The van der Waals surface area contributed by atoms with Crippen molar-refractivity contribution in [1.82, 2.24) is 15.5 Å². The van der Waals surface area contributed by atoms with Crippen LogP contribution in [-0.2, 0) is 0 Å². The van der Waals surface area contributed by atoms with Gasteiger partial charge < -0.3 is 15.5 Å². The van der Waals surface area contributed by atoms with E-state index in [1.54, 1.807) is 0 Å². The van der Waals surface area contributed by atoms with Crippen LogP contribution in [0.1, 0.15) is 51.4 Å². The number of nitrogens with one attached hydrogen (secondary N) is 2. The highest BCUT2D eigenvalue weighted by atomic mass is 16.2. The molecule has 0 spiro atoms. The average molecular weight is 251 g/mol. The van der Waals surface area contributed by atoms with E-state index >= 15 is 0 Å². The summed E-state index contributed by atoms with van der Waals surface area (Å²) in [7, 11) is 0. The molecule has 3 aliphatic rings. The van der Waals surface area contributed by atoms with Crippen LogP contribution in [0.2, 0.25) is 0 Å². The Morgan fingerprint density at radius 3 is 2.22 bits per heavy atom.